The molecule has 2 aromatic rings. The second-order valence-corrected chi connectivity index (χ2v) is 7.49. The molecular formula is C18H19N3O3S. The molecule has 130 valence electrons. The third-order valence-corrected chi connectivity index (χ3v) is 5.72. The van der Waals surface area contributed by atoms with E-state index < -0.39 is 22.0 Å². The minimum atomic E-state index is -3.96. The van der Waals surface area contributed by atoms with Crippen LogP contribution in [0.2, 0.25) is 0 Å². The highest BCUT2D eigenvalue weighted by Crippen LogP contribution is 2.26. The van der Waals surface area contributed by atoms with Crippen molar-refractivity contribution in [3.8, 4) is 0 Å². The van der Waals surface area contributed by atoms with Crippen LogP contribution in [0.3, 0.4) is 0 Å². The summed E-state index contributed by atoms with van der Waals surface area (Å²) in [6, 6.07) is 15.2. The van der Waals surface area contributed by atoms with Crippen LogP contribution in [-0.4, -0.2) is 38.1 Å². The summed E-state index contributed by atoms with van der Waals surface area (Å²) in [6.45, 7) is 3.46. The Labute approximate surface area is 147 Å². The Kier molecular flexibility index (Phi) is 4.45. The van der Waals surface area contributed by atoms with Gasteiger partial charge in [-0.3, -0.25) is 4.79 Å². The van der Waals surface area contributed by atoms with E-state index in [1.54, 1.807) is 56.2 Å². The molecule has 0 radical (unpaired) electrons. The molecule has 1 atom stereocenters. The Hall–Kier alpha value is -2.51. The van der Waals surface area contributed by atoms with Crippen LogP contribution in [0.4, 0.5) is 5.69 Å². The molecule has 0 N–H and O–H groups in total. The third-order valence-electron chi connectivity index (χ3n) is 4.27. The van der Waals surface area contributed by atoms with Crippen LogP contribution in [0.25, 0.3) is 0 Å². The summed E-state index contributed by atoms with van der Waals surface area (Å²) >= 11 is 0. The zero-order valence-electron chi connectivity index (χ0n) is 14.2. The molecule has 2 aromatic carbocycles. The van der Waals surface area contributed by atoms with E-state index in [4.69, 9.17) is 0 Å². The molecule has 0 saturated carbocycles. The largest absolute Gasteiger partial charge is 0.289 e. The number of amides is 1. The van der Waals surface area contributed by atoms with Crippen molar-refractivity contribution < 1.29 is 13.2 Å². The third kappa shape index (κ3) is 3.08. The van der Waals surface area contributed by atoms with E-state index in [0.29, 0.717) is 11.3 Å². The van der Waals surface area contributed by atoms with Gasteiger partial charge < -0.3 is 0 Å². The average Bonchev–Trinajstić information content (AvgIpc) is 2.79. The molecular weight excluding hydrogens is 338 g/mol. The zero-order valence-corrected chi connectivity index (χ0v) is 15.1. The molecule has 0 aromatic heterocycles. The van der Waals surface area contributed by atoms with Gasteiger partial charge in [0.2, 0.25) is 0 Å². The number of para-hydroxylation sites is 1. The van der Waals surface area contributed by atoms with Gasteiger partial charge in [0.25, 0.3) is 15.9 Å². The molecule has 1 aliphatic heterocycles. The highest BCUT2D eigenvalue weighted by atomic mass is 32.2. The van der Waals surface area contributed by atoms with E-state index in [0.717, 1.165) is 0 Å². The Bertz CT molecular complexity index is 939. The molecule has 1 saturated heterocycles. The van der Waals surface area contributed by atoms with Crippen LogP contribution in [0, 0.1) is 6.92 Å². The van der Waals surface area contributed by atoms with Crippen molar-refractivity contribution in [1.29, 1.82) is 0 Å². The molecule has 1 fully saturated rings. The molecule has 1 amide bonds. The van der Waals surface area contributed by atoms with Crippen molar-refractivity contribution >= 4 is 27.3 Å². The first-order valence-electron chi connectivity index (χ1n) is 7.85. The summed E-state index contributed by atoms with van der Waals surface area (Å²) < 4.78 is 29.2. The number of rotatable bonds is 3. The monoisotopic (exact) mass is 357 g/mol. The second-order valence-electron chi connectivity index (χ2n) is 5.92. The van der Waals surface area contributed by atoms with Gasteiger partial charge in [0, 0.05) is 7.05 Å². The fourth-order valence-electron chi connectivity index (χ4n) is 2.79. The van der Waals surface area contributed by atoms with Gasteiger partial charge in [-0.25, -0.2) is 10.0 Å². The maximum Gasteiger partial charge on any atom is 0.289 e. The van der Waals surface area contributed by atoms with Gasteiger partial charge in [-0.15, -0.1) is 0 Å². The van der Waals surface area contributed by atoms with Crippen LogP contribution in [0.5, 0.6) is 0 Å². The van der Waals surface area contributed by atoms with Crippen molar-refractivity contribution in [2.45, 2.75) is 24.8 Å². The predicted octanol–water partition coefficient (Wildman–Crippen LogP) is 2.41. The lowest BCUT2D eigenvalue weighted by atomic mass is 10.2. The Balaban J connectivity index is 2.04. The lowest BCUT2D eigenvalue weighted by Crippen LogP contribution is -2.38. The molecule has 6 nitrogen and oxygen atoms in total. The van der Waals surface area contributed by atoms with Crippen LogP contribution in [0.15, 0.2) is 63.9 Å². The molecule has 1 heterocycles. The SMILES string of the molecule is Cc1ccccc1S(=O)(=O)N=C1C(=O)N(c2ccccc2)N(C)C1C. The van der Waals surface area contributed by atoms with Gasteiger partial charge in [0.1, 0.15) is 5.71 Å². The lowest BCUT2D eigenvalue weighted by molar-refractivity contribution is -0.113. The molecule has 1 aliphatic rings. The standard InChI is InChI=1S/C18H19N3O3S/c1-13-9-7-8-12-16(13)25(23,24)19-17-14(2)20(3)21(18(17)22)15-10-5-4-6-11-15/h4-12,14H,1-3H3. The summed E-state index contributed by atoms with van der Waals surface area (Å²) in [4.78, 5) is 12.9. The predicted molar refractivity (Wildman–Crippen MR) is 97.0 cm³/mol. The van der Waals surface area contributed by atoms with Gasteiger partial charge >= 0.3 is 0 Å². The minimum absolute atomic E-state index is 0.00889. The molecule has 1 unspecified atom stereocenters. The number of aryl methyl sites for hydroxylation is 1. The summed E-state index contributed by atoms with van der Waals surface area (Å²) in [6.07, 6.45) is 0. The summed E-state index contributed by atoms with van der Waals surface area (Å²) in [5, 5.41) is 3.13. The normalized spacial score (nSPS) is 20.4. The smallest absolute Gasteiger partial charge is 0.266 e. The number of hydrogen-bond donors (Lipinski definition) is 0. The number of nitrogens with zero attached hydrogens (tertiary/aromatic N) is 3. The topological polar surface area (TPSA) is 70.0 Å². The van der Waals surface area contributed by atoms with E-state index in [2.05, 4.69) is 4.40 Å². The number of anilines is 1. The number of hydrazine groups is 1. The van der Waals surface area contributed by atoms with Gasteiger partial charge in [-0.2, -0.15) is 12.8 Å². The molecule has 25 heavy (non-hydrogen) atoms. The van der Waals surface area contributed by atoms with Crippen LogP contribution < -0.4 is 5.01 Å². The highest BCUT2D eigenvalue weighted by molar-refractivity contribution is 7.90. The molecule has 3 rings (SSSR count). The fourth-order valence-corrected chi connectivity index (χ4v) is 4.10. The number of carbonyl (C=O) groups excluding carboxylic acids is 1. The molecule has 0 bridgehead atoms. The second kappa shape index (κ2) is 6.42. The fraction of sp³-hybridized carbons (Fsp3) is 0.222. The first-order valence-corrected chi connectivity index (χ1v) is 9.29. The first-order chi connectivity index (χ1) is 11.8. The van der Waals surface area contributed by atoms with Crippen molar-refractivity contribution in [1.82, 2.24) is 5.01 Å². The molecule has 0 spiro atoms. The van der Waals surface area contributed by atoms with Crippen molar-refractivity contribution in [3.63, 3.8) is 0 Å². The summed E-state index contributed by atoms with van der Waals surface area (Å²) in [5.74, 6) is -0.432. The van der Waals surface area contributed by atoms with E-state index >= 15 is 0 Å². The maximum atomic E-state index is 12.8. The highest BCUT2D eigenvalue weighted by Gasteiger charge is 2.41. The number of carbonyl (C=O) groups is 1. The van der Waals surface area contributed by atoms with Gasteiger partial charge in [0.05, 0.1) is 16.6 Å². The molecule has 0 aliphatic carbocycles. The van der Waals surface area contributed by atoms with Crippen molar-refractivity contribution in [2.75, 3.05) is 12.1 Å². The van der Waals surface area contributed by atoms with Crippen LogP contribution in [0.1, 0.15) is 12.5 Å². The summed E-state index contributed by atoms with van der Waals surface area (Å²) in [5.41, 5.74) is 1.27. The van der Waals surface area contributed by atoms with E-state index in [1.165, 1.54) is 11.1 Å². The van der Waals surface area contributed by atoms with E-state index in [9.17, 15) is 13.2 Å². The van der Waals surface area contributed by atoms with Gasteiger partial charge in [0.15, 0.2) is 0 Å². The van der Waals surface area contributed by atoms with Gasteiger partial charge in [-0.05, 0) is 37.6 Å². The number of hydrogen-bond acceptors (Lipinski definition) is 4. The van der Waals surface area contributed by atoms with E-state index in [1.807, 2.05) is 18.2 Å². The van der Waals surface area contributed by atoms with Crippen LogP contribution >= 0.6 is 0 Å². The number of sulfonamides is 1. The lowest BCUT2D eigenvalue weighted by Gasteiger charge is -2.25. The Morgan fingerprint density at radius 3 is 2.24 bits per heavy atom. The average molecular weight is 357 g/mol. The maximum absolute atomic E-state index is 12.8. The zero-order chi connectivity index (χ0) is 18.2. The van der Waals surface area contributed by atoms with E-state index in [-0.39, 0.29) is 10.6 Å². The first kappa shape index (κ1) is 17.3. The number of benzene rings is 2. The summed E-state index contributed by atoms with van der Waals surface area (Å²) in [7, 11) is -2.22. The Morgan fingerprint density at radius 1 is 1.00 bits per heavy atom. The molecule has 7 heteroatoms. The minimum Gasteiger partial charge on any atom is -0.266 e. The quantitative estimate of drug-likeness (QED) is 0.846. The van der Waals surface area contributed by atoms with Crippen molar-refractivity contribution in [3.05, 3.63) is 60.2 Å². The Morgan fingerprint density at radius 2 is 1.60 bits per heavy atom. The van der Waals surface area contributed by atoms with Crippen molar-refractivity contribution in [2.24, 2.45) is 4.40 Å². The van der Waals surface area contributed by atoms with Gasteiger partial charge in [-0.1, -0.05) is 36.4 Å². The van der Waals surface area contributed by atoms with Crippen LogP contribution in [-0.2, 0) is 14.8 Å².